The zero-order valence-electron chi connectivity index (χ0n) is 25.9. The smallest absolute Gasteiger partial charge is 0.319 e. The Labute approximate surface area is 236 Å². The lowest BCUT2D eigenvalue weighted by atomic mass is 9.69. The van der Waals surface area contributed by atoms with Gasteiger partial charge in [0.1, 0.15) is 0 Å². The van der Waals surface area contributed by atoms with E-state index in [0.29, 0.717) is 29.7 Å². The van der Waals surface area contributed by atoms with Crippen molar-refractivity contribution in [3.05, 3.63) is 52.4 Å². The number of esters is 1. The van der Waals surface area contributed by atoms with E-state index in [-0.39, 0.29) is 12.5 Å². The summed E-state index contributed by atoms with van der Waals surface area (Å²) in [4.78, 5) is 16.2. The number of carbonyl (C=O) groups excluding carboxylic acids is 1. The average molecular weight is 538 g/mol. The first-order chi connectivity index (χ1) is 18.6. The fraction of sp³-hybridized carbons (Fsp3) is 0.606. The molecule has 6 heteroatoms. The van der Waals surface area contributed by atoms with E-state index in [0.717, 1.165) is 56.2 Å². The van der Waals surface area contributed by atoms with Crippen molar-refractivity contribution in [1.82, 2.24) is 15.5 Å². The maximum atomic E-state index is 11.5. The van der Waals surface area contributed by atoms with E-state index < -0.39 is 0 Å². The Morgan fingerprint density at radius 3 is 2.49 bits per heavy atom. The lowest BCUT2D eigenvalue weighted by Gasteiger charge is -2.35. The number of aryl methyl sites for hydroxylation is 2. The van der Waals surface area contributed by atoms with Gasteiger partial charge in [0.25, 0.3) is 5.89 Å². The van der Waals surface area contributed by atoms with Crippen LogP contribution in [0.25, 0.3) is 17.0 Å². The van der Waals surface area contributed by atoms with Crippen molar-refractivity contribution in [2.24, 2.45) is 11.3 Å². The Hall–Kier alpha value is -2.73. The van der Waals surface area contributed by atoms with Crippen molar-refractivity contribution in [3.8, 4) is 11.4 Å². The van der Waals surface area contributed by atoms with Gasteiger partial charge in [-0.3, -0.25) is 4.79 Å². The molecule has 0 fully saturated rings. The molecule has 1 aliphatic carbocycles. The normalized spacial score (nSPS) is 15.4. The van der Waals surface area contributed by atoms with Gasteiger partial charge < -0.3 is 14.6 Å². The molecule has 0 aliphatic heterocycles. The van der Waals surface area contributed by atoms with Gasteiger partial charge in [0.05, 0.1) is 13.2 Å². The Morgan fingerprint density at radius 1 is 1.21 bits per heavy atom. The van der Waals surface area contributed by atoms with Crippen LogP contribution in [0.1, 0.15) is 103 Å². The molecule has 1 unspecified atom stereocenters. The molecule has 1 heterocycles. The molecule has 3 rings (SSSR count). The summed E-state index contributed by atoms with van der Waals surface area (Å²) in [6.07, 6.45) is 6.23. The minimum absolute atomic E-state index is 0.207. The van der Waals surface area contributed by atoms with Crippen molar-refractivity contribution < 1.29 is 14.1 Å². The van der Waals surface area contributed by atoms with Gasteiger partial charge in [0.15, 0.2) is 0 Å². The van der Waals surface area contributed by atoms with E-state index >= 15 is 0 Å². The van der Waals surface area contributed by atoms with E-state index in [2.05, 4.69) is 70.7 Å². The van der Waals surface area contributed by atoms with Gasteiger partial charge in [-0.1, -0.05) is 58.9 Å². The van der Waals surface area contributed by atoms with Crippen LogP contribution < -0.4 is 5.32 Å². The van der Waals surface area contributed by atoms with E-state index in [1.54, 1.807) is 0 Å². The Kier molecular flexibility index (Phi) is 12.6. The summed E-state index contributed by atoms with van der Waals surface area (Å²) in [7, 11) is 0. The lowest BCUT2D eigenvalue weighted by Crippen LogP contribution is -2.25. The molecule has 0 radical (unpaired) electrons. The third-order valence-corrected chi connectivity index (χ3v) is 7.67. The van der Waals surface area contributed by atoms with Crippen molar-refractivity contribution in [1.29, 1.82) is 0 Å². The monoisotopic (exact) mass is 537 g/mol. The first-order valence-electron chi connectivity index (χ1n) is 14.8. The highest BCUT2D eigenvalue weighted by Gasteiger charge is 2.31. The molecule has 1 atom stereocenters. The number of hydrogen-bond acceptors (Lipinski definition) is 6. The second-order valence-corrected chi connectivity index (χ2v) is 11.2. The summed E-state index contributed by atoms with van der Waals surface area (Å²) in [6.45, 7) is 25.2. The van der Waals surface area contributed by atoms with E-state index in [1.165, 1.54) is 27.8 Å². The molecule has 6 nitrogen and oxygen atoms in total. The summed E-state index contributed by atoms with van der Waals surface area (Å²) in [6, 6.07) is 4.28. The fourth-order valence-electron chi connectivity index (χ4n) is 5.30. The van der Waals surface area contributed by atoms with Gasteiger partial charge >= 0.3 is 5.97 Å². The van der Waals surface area contributed by atoms with Crippen LogP contribution in [0, 0.1) is 25.2 Å². The summed E-state index contributed by atoms with van der Waals surface area (Å²) in [5, 5.41) is 7.48. The molecule has 2 aromatic rings. The van der Waals surface area contributed by atoms with E-state index in [4.69, 9.17) is 14.2 Å². The predicted octanol–water partition coefficient (Wildman–Crippen LogP) is 8.03. The van der Waals surface area contributed by atoms with Gasteiger partial charge in [0, 0.05) is 11.1 Å². The molecule has 0 amide bonds. The second-order valence-electron chi connectivity index (χ2n) is 11.2. The Balaban J connectivity index is 0.00000260. The number of allylic oxidation sites excluding steroid dienone is 3. The maximum absolute atomic E-state index is 11.5. The number of aromatic nitrogens is 2. The van der Waals surface area contributed by atoms with Crippen LogP contribution in [0.2, 0.25) is 0 Å². The standard InChI is InChI=1S/C31H45N3O3.C2H6/c1-9-20(3)27-18-31(7,8)14-13-26(27)23(6)30-33-29(34-37-30)24-16-21(4)25(22(5)17-24)12-11-15-32-19-28(35)36-10-2;1-2/h16-17,20,32H,6,9-15,18-19H2,1-5,7-8H3;1-2H3. The number of benzene rings is 1. The molecule has 1 aliphatic rings. The largest absolute Gasteiger partial charge is 0.465 e. The number of nitrogens with zero attached hydrogens (tertiary/aromatic N) is 2. The van der Waals surface area contributed by atoms with Crippen LogP contribution in [-0.4, -0.2) is 35.8 Å². The summed E-state index contributed by atoms with van der Waals surface area (Å²) < 4.78 is 10.7. The molecule has 1 aromatic carbocycles. The summed E-state index contributed by atoms with van der Waals surface area (Å²) in [5.74, 6) is 1.44. The molecule has 0 saturated heterocycles. The maximum Gasteiger partial charge on any atom is 0.319 e. The molecule has 1 N–H and O–H groups in total. The van der Waals surface area contributed by atoms with Gasteiger partial charge in [-0.2, -0.15) is 4.98 Å². The first kappa shape index (κ1) is 32.5. The van der Waals surface area contributed by atoms with Crippen molar-refractivity contribution in [2.75, 3.05) is 19.7 Å². The van der Waals surface area contributed by atoms with Crippen molar-refractivity contribution in [3.63, 3.8) is 0 Å². The molecule has 0 saturated carbocycles. The highest BCUT2D eigenvalue weighted by molar-refractivity contribution is 5.75. The minimum atomic E-state index is -0.207. The molecular formula is C33H51N3O3. The number of rotatable bonds is 12. The lowest BCUT2D eigenvalue weighted by molar-refractivity contribution is -0.141. The number of hydrogen-bond donors (Lipinski definition) is 1. The SMILES string of the molecule is C=C(C1=C(C(C)CC)CC(C)(C)CC1)c1nc(-c2cc(C)c(CCCNCC(=O)OCC)c(C)c2)no1.CC. The van der Waals surface area contributed by atoms with Crippen molar-refractivity contribution >= 4 is 11.5 Å². The van der Waals surface area contributed by atoms with Crippen molar-refractivity contribution in [2.45, 2.75) is 101 Å². The van der Waals surface area contributed by atoms with Crippen LogP contribution in [0.15, 0.2) is 34.4 Å². The van der Waals surface area contributed by atoms with Crippen LogP contribution in [0.3, 0.4) is 0 Å². The highest BCUT2D eigenvalue weighted by Crippen LogP contribution is 2.45. The third-order valence-electron chi connectivity index (χ3n) is 7.67. The Morgan fingerprint density at radius 2 is 1.87 bits per heavy atom. The molecule has 39 heavy (non-hydrogen) atoms. The van der Waals surface area contributed by atoms with Crippen LogP contribution >= 0.6 is 0 Å². The van der Waals surface area contributed by atoms with Gasteiger partial charge in [-0.05, 0) is 112 Å². The van der Waals surface area contributed by atoms with Crippen LogP contribution in [0.5, 0.6) is 0 Å². The van der Waals surface area contributed by atoms with Crippen LogP contribution in [-0.2, 0) is 16.0 Å². The topological polar surface area (TPSA) is 77.2 Å². The van der Waals surface area contributed by atoms with Crippen LogP contribution in [0.4, 0.5) is 0 Å². The molecule has 1 aromatic heterocycles. The summed E-state index contributed by atoms with van der Waals surface area (Å²) >= 11 is 0. The van der Waals surface area contributed by atoms with E-state index in [9.17, 15) is 4.79 Å². The predicted molar refractivity (Wildman–Crippen MR) is 162 cm³/mol. The first-order valence-corrected chi connectivity index (χ1v) is 14.8. The second kappa shape index (κ2) is 15.2. The van der Waals surface area contributed by atoms with Gasteiger partial charge in [-0.15, -0.1) is 0 Å². The highest BCUT2D eigenvalue weighted by atomic mass is 16.5. The molecule has 216 valence electrons. The molecular weight excluding hydrogens is 486 g/mol. The number of carbonyl (C=O) groups is 1. The zero-order chi connectivity index (χ0) is 29.2. The van der Waals surface area contributed by atoms with Gasteiger partial charge in [-0.25, -0.2) is 0 Å². The van der Waals surface area contributed by atoms with Gasteiger partial charge in [0.2, 0.25) is 5.82 Å². The Bertz CT molecular complexity index is 1120. The molecule has 0 spiro atoms. The fourth-order valence-corrected chi connectivity index (χ4v) is 5.30. The summed E-state index contributed by atoms with van der Waals surface area (Å²) in [5.41, 5.74) is 8.70. The number of ether oxygens (including phenoxy) is 1. The molecule has 0 bridgehead atoms. The third kappa shape index (κ3) is 8.89. The quantitative estimate of drug-likeness (QED) is 0.218. The zero-order valence-corrected chi connectivity index (χ0v) is 25.9. The minimum Gasteiger partial charge on any atom is -0.465 e. The van der Waals surface area contributed by atoms with E-state index in [1.807, 2.05) is 20.8 Å². The average Bonchev–Trinajstić information content (AvgIpc) is 3.40. The number of nitrogens with one attached hydrogen (secondary N) is 1.